The van der Waals surface area contributed by atoms with Crippen LogP contribution in [0.25, 0.3) is 0 Å². The molecule has 0 radical (unpaired) electrons. The number of ether oxygens (including phenoxy) is 1. The molecule has 8 heteroatoms. The molecule has 0 saturated carbocycles. The van der Waals surface area contributed by atoms with Gasteiger partial charge in [-0.2, -0.15) is 0 Å². The van der Waals surface area contributed by atoms with E-state index < -0.39 is 0 Å². The number of anilines is 1. The van der Waals surface area contributed by atoms with Crippen molar-refractivity contribution in [1.82, 2.24) is 10.2 Å². The molecule has 0 bridgehead atoms. The first-order chi connectivity index (χ1) is 13.2. The lowest BCUT2D eigenvalue weighted by atomic mass is 10.2. The van der Waals surface area contributed by atoms with E-state index in [1.54, 1.807) is 36.4 Å². The van der Waals surface area contributed by atoms with E-state index in [-0.39, 0.29) is 17.4 Å². The Morgan fingerprint density at radius 1 is 1.07 bits per heavy atom. The van der Waals surface area contributed by atoms with Crippen molar-refractivity contribution in [1.29, 1.82) is 0 Å². The van der Waals surface area contributed by atoms with E-state index in [9.17, 15) is 9.59 Å². The number of nitrogens with zero attached hydrogens (tertiary/aromatic N) is 2. The normalized spacial score (nSPS) is 10.4. The number of carbonyl (C=O) groups excluding carboxylic acids is 2. The molecule has 0 aliphatic rings. The third-order valence-electron chi connectivity index (χ3n) is 3.46. The minimum atomic E-state index is -0.287. The molecule has 138 valence electrons. The summed E-state index contributed by atoms with van der Waals surface area (Å²) in [6, 6.07) is 16.0. The molecule has 1 aromatic heterocycles. The van der Waals surface area contributed by atoms with Gasteiger partial charge in [-0.25, -0.2) is 0 Å². The fourth-order valence-electron chi connectivity index (χ4n) is 2.22. The molecule has 0 aliphatic heterocycles. The van der Waals surface area contributed by atoms with Gasteiger partial charge in [-0.1, -0.05) is 59.5 Å². The molecule has 0 unspecified atom stereocenters. The number of rotatable bonds is 8. The van der Waals surface area contributed by atoms with Gasteiger partial charge in [0.2, 0.25) is 5.13 Å². The first-order valence-corrected chi connectivity index (χ1v) is 10.0. The highest BCUT2D eigenvalue weighted by molar-refractivity contribution is 8.01. The van der Waals surface area contributed by atoms with Gasteiger partial charge in [-0.05, 0) is 25.1 Å². The van der Waals surface area contributed by atoms with E-state index >= 15 is 0 Å². The quantitative estimate of drug-likeness (QED) is 0.348. The van der Waals surface area contributed by atoms with Crippen LogP contribution in [0.2, 0.25) is 0 Å². The van der Waals surface area contributed by atoms with Crippen molar-refractivity contribution >= 4 is 39.9 Å². The predicted molar refractivity (Wildman–Crippen MR) is 107 cm³/mol. The lowest BCUT2D eigenvalue weighted by Crippen LogP contribution is -2.11. The standard InChI is InChI=1S/C19H17N3O3S2/c1-2-25-15-10-6-9-14(11-15)17(24)20-18-21-22-19(27-18)26-12-16(23)13-7-4-3-5-8-13/h3-11H,2,12H2,1H3,(H,20,21,24). The van der Waals surface area contributed by atoms with Crippen LogP contribution in [-0.4, -0.2) is 34.2 Å². The van der Waals surface area contributed by atoms with Gasteiger partial charge in [-0.15, -0.1) is 10.2 Å². The van der Waals surface area contributed by atoms with Crippen molar-refractivity contribution < 1.29 is 14.3 Å². The second kappa shape index (κ2) is 9.29. The Morgan fingerprint density at radius 3 is 2.63 bits per heavy atom. The highest BCUT2D eigenvalue weighted by Crippen LogP contribution is 2.26. The maximum atomic E-state index is 12.3. The molecular formula is C19H17N3O3S2. The molecule has 2 aromatic carbocycles. The van der Waals surface area contributed by atoms with Crippen LogP contribution in [-0.2, 0) is 0 Å². The third-order valence-corrected chi connectivity index (χ3v) is 5.43. The van der Waals surface area contributed by atoms with Crippen molar-refractivity contribution in [2.45, 2.75) is 11.3 Å². The summed E-state index contributed by atoms with van der Waals surface area (Å²) in [5, 5.41) is 11.1. The molecule has 3 aromatic rings. The molecule has 1 heterocycles. The van der Waals surface area contributed by atoms with Crippen LogP contribution in [0, 0.1) is 0 Å². The van der Waals surface area contributed by atoms with Crippen LogP contribution in [0.15, 0.2) is 58.9 Å². The summed E-state index contributed by atoms with van der Waals surface area (Å²) >= 11 is 2.53. The first kappa shape index (κ1) is 19.1. The lowest BCUT2D eigenvalue weighted by Gasteiger charge is -2.05. The molecule has 0 fully saturated rings. The molecule has 0 aliphatic carbocycles. The summed E-state index contributed by atoms with van der Waals surface area (Å²) < 4.78 is 6.02. The second-order valence-corrected chi connectivity index (χ2v) is 7.57. The summed E-state index contributed by atoms with van der Waals surface area (Å²) in [4.78, 5) is 24.5. The highest BCUT2D eigenvalue weighted by atomic mass is 32.2. The number of benzene rings is 2. The number of hydrogen-bond acceptors (Lipinski definition) is 7. The maximum absolute atomic E-state index is 12.3. The Hall–Kier alpha value is -2.71. The number of carbonyl (C=O) groups is 2. The average Bonchev–Trinajstić information content (AvgIpc) is 3.14. The molecule has 0 saturated heterocycles. The largest absolute Gasteiger partial charge is 0.494 e. The zero-order valence-corrected chi connectivity index (χ0v) is 16.2. The Balaban J connectivity index is 1.57. The van der Waals surface area contributed by atoms with E-state index in [0.717, 1.165) is 0 Å². The Bertz CT molecular complexity index is 929. The number of thioether (sulfide) groups is 1. The molecule has 3 rings (SSSR count). The minimum Gasteiger partial charge on any atom is -0.494 e. The molecule has 1 N–H and O–H groups in total. The molecule has 0 atom stereocenters. The Kier molecular flexibility index (Phi) is 6.56. The predicted octanol–water partition coefficient (Wildman–Crippen LogP) is 4.16. The van der Waals surface area contributed by atoms with E-state index in [0.29, 0.717) is 33.0 Å². The van der Waals surface area contributed by atoms with Crippen molar-refractivity contribution in [3.05, 3.63) is 65.7 Å². The first-order valence-electron chi connectivity index (χ1n) is 8.24. The van der Waals surface area contributed by atoms with Crippen LogP contribution >= 0.6 is 23.1 Å². The van der Waals surface area contributed by atoms with Gasteiger partial charge in [0.15, 0.2) is 10.1 Å². The monoisotopic (exact) mass is 399 g/mol. The van der Waals surface area contributed by atoms with E-state index in [2.05, 4.69) is 15.5 Å². The summed E-state index contributed by atoms with van der Waals surface area (Å²) in [5.41, 5.74) is 1.14. The SMILES string of the molecule is CCOc1cccc(C(=O)Nc2nnc(SCC(=O)c3ccccc3)s2)c1. The van der Waals surface area contributed by atoms with E-state index in [1.165, 1.54) is 23.1 Å². The van der Waals surface area contributed by atoms with Gasteiger partial charge in [0, 0.05) is 11.1 Å². The van der Waals surface area contributed by atoms with Crippen molar-refractivity contribution in [2.24, 2.45) is 0 Å². The number of nitrogens with one attached hydrogen (secondary N) is 1. The molecule has 27 heavy (non-hydrogen) atoms. The van der Waals surface area contributed by atoms with Crippen molar-refractivity contribution in [3.63, 3.8) is 0 Å². The Labute approximate surface area is 165 Å². The molecular weight excluding hydrogens is 382 g/mol. The van der Waals surface area contributed by atoms with Crippen molar-refractivity contribution in [2.75, 3.05) is 17.7 Å². The summed E-state index contributed by atoms with van der Waals surface area (Å²) in [5.74, 6) is 0.639. The smallest absolute Gasteiger partial charge is 0.257 e. The van der Waals surface area contributed by atoms with Crippen LogP contribution < -0.4 is 10.1 Å². The zero-order valence-electron chi connectivity index (χ0n) is 14.5. The Morgan fingerprint density at radius 2 is 1.85 bits per heavy atom. The van der Waals surface area contributed by atoms with Gasteiger partial charge < -0.3 is 4.74 Å². The van der Waals surface area contributed by atoms with Crippen LogP contribution in [0.4, 0.5) is 5.13 Å². The number of ketones is 1. The lowest BCUT2D eigenvalue weighted by molar-refractivity contribution is 0.101. The van der Waals surface area contributed by atoms with Gasteiger partial charge in [0.1, 0.15) is 5.75 Å². The fourth-order valence-corrected chi connectivity index (χ4v) is 3.86. The van der Waals surface area contributed by atoms with Gasteiger partial charge in [0.05, 0.1) is 12.4 Å². The summed E-state index contributed by atoms with van der Waals surface area (Å²) in [6.45, 7) is 2.42. The van der Waals surface area contributed by atoms with Gasteiger partial charge in [0.25, 0.3) is 5.91 Å². The minimum absolute atomic E-state index is 0.0223. The average molecular weight is 399 g/mol. The number of aromatic nitrogens is 2. The van der Waals surface area contributed by atoms with E-state index in [1.807, 2.05) is 25.1 Å². The van der Waals surface area contributed by atoms with Crippen LogP contribution in [0.1, 0.15) is 27.6 Å². The summed E-state index contributed by atoms with van der Waals surface area (Å²) in [6.07, 6.45) is 0. The second-order valence-electron chi connectivity index (χ2n) is 5.37. The van der Waals surface area contributed by atoms with Gasteiger partial charge in [-0.3, -0.25) is 14.9 Å². The molecule has 6 nitrogen and oxygen atoms in total. The number of hydrogen-bond donors (Lipinski definition) is 1. The van der Waals surface area contributed by atoms with Crippen molar-refractivity contribution in [3.8, 4) is 5.75 Å². The highest BCUT2D eigenvalue weighted by Gasteiger charge is 2.13. The number of Topliss-reactive ketones (excluding diaryl/α,β-unsaturated/α-hetero) is 1. The number of amides is 1. The molecule has 1 amide bonds. The third kappa shape index (κ3) is 5.38. The maximum Gasteiger partial charge on any atom is 0.257 e. The topological polar surface area (TPSA) is 81.2 Å². The fraction of sp³-hybridized carbons (Fsp3) is 0.158. The van der Waals surface area contributed by atoms with Gasteiger partial charge >= 0.3 is 0 Å². The van der Waals surface area contributed by atoms with Crippen LogP contribution in [0.5, 0.6) is 5.75 Å². The zero-order chi connectivity index (χ0) is 19.1. The molecule has 0 spiro atoms. The van der Waals surface area contributed by atoms with E-state index in [4.69, 9.17) is 4.74 Å². The summed E-state index contributed by atoms with van der Waals surface area (Å²) in [7, 11) is 0. The van der Waals surface area contributed by atoms with Crippen LogP contribution in [0.3, 0.4) is 0 Å².